The molecule has 0 N–H and O–H groups in total. The Kier molecular flexibility index (Phi) is 7.76. The van der Waals surface area contributed by atoms with Crippen LogP contribution < -0.4 is 4.90 Å². The van der Waals surface area contributed by atoms with Crippen LogP contribution in [0.5, 0.6) is 0 Å². The van der Waals surface area contributed by atoms with Gasteiger partial charge in [0.05, 0.1) is 22.8 Å². The van der Waals surface area contributed by atoms with Crippen LogP contribution in [0.1, 0.15) is 53.7 Å². The molecule has 0 spiro atoms. The number of aryl methyl sites for hydroxylation is 5. The first kappa shape index (κ1) is 30.6. The Bertz CT molecular complexity index is 2290. The number of rotatable bonds is 4. The minimum atomic E-state index is 0.369. The average molecular weight is 640 g/mol. The topological polar surface area (TPSA) is 38.9 Å². The zero-order valence-electron chi connectivity index (χ0n) is 28.9. The molecule has 1 aliphatic rings. The van der Waals surface area contributed by atoms with E-state index in [4.69, 9.17) is 9.97 Å². The summed E-state index contributed by atoms with van der Waals surface area (Å²) in [4.78, 5) is 13.1. The maximum absolute atomic E-state index is 5.41. The fraction of sp³-hybridized carbons (Fsp3) is 0.182. The predicted octanol–water partition coefficient (Wildman–Crippen LogP) is 11.0. The maximum atomic E-state index is 5.41. The third-order valence-corrected chi connectivity index (χ3v) is 9.76. The molecule has 0 fully saturated rings. The number of hydrogen-bond donors (Lipinski definition) is 0. The second-order valence-electron chi connectivity index (χ2n) is 13.5. The Hall–Kier alpha value is -5.68. The summed E-state index contributed by atoms with van der Waals surface area (Å²) < 4.78 is 4.67. The van der Waals surface area contributed by atoms with Gasteiger partial charge in [-0.1, -0.05) is 92.7 Å². The Labute approximate surface area is 289 Å². The maximum Gasteiger partial charge on any atom is 0.114 e. The number of nitrogens with zero attached hydrogens (tertiary/aromatic N) is 5. The van der Waals surface area contributed by atoms with E-state index < -0.39 is 0 Å². The summed E-state index contributed by atoms with van der Waals surface area (Å²) in [5.41, 5.74) is 14.8. The van der Waals surface area contributed by atoms with Crippen molar-refractivity contribution in [3.8, 4) is 33.9 Å². The third-order valence-electron chi connectivity index (χ3n) is 9.76. The monoisotopic (exact) mass is 639 g/mol. The summed E-state index contributed by atoms with van der Waals surface area (Å²) in [5.74, 6) is 2.43. The molecule has 5 heteroatoms. The molecule has 49 heavy (non-hydrogen) atoms. The van der Waals surface area contributed by atoms with Crippen molar-refractivity contribution in [1.82, 2.24) is 19.1 Å². The lowest BCUT2D eigenvalue weighted by Gasteiger charge is -2.26. The van der Waals surface area contributed by atoms with Gasteiger partial charge in [0.15, 0.2) is 0 Å². The average Bonchev–Trinajstić information content (AvgIpc) is 3.72. The number of hydrogen-bond acceptors (Lipinski definition) is 3. The fourth-order valence-corrected chi connectivity index (χ4v) is 7.37. The molecule has 0 amide bonds. The van der Waals surface area contributed by atoms with E-state index in [0.717, 1.165) is 64.1 Å². The lowest BCUT2D eigenvalue weighted by atomic mass is 9.98. The Morgan fingerprint density at radius 2 is 0.980 bits per heavy atom. The van der Waals surface area contributed by atoms with E-state index in [0.29, 0.717) is 5.92 Å². The van der Waals surface area contributed by atoms with Gasteiger partial charge in [0, 0.05) is 53.4 Å². The fourth-order valence-electron chi connectivity index (χ4n) is 7.37. The number of aromatic nitrogens is 4. The van der Waals surface area contributed by atoms with Crippen LogP contribution in [0.3, 0.4) is 0 Å². The van der Waals surface area contributed by atoms with E-state index in [-0.39, 0.29) is 0 Å². The van der Waals surface area contributed by atoms with Crippen LogP contribution in [0.4, 0.5) is 17.1 Å². The van der Waals surface area contributed by atoms with Crippen molar-refractivity contribution in [2.24, 2.45) is 0 Å². The SMILES string of the molecule is Cc1cccc(C)c1-n1cc2nc1CCc1nc(cn1-c1c(C)cccc1C(C)C)-c1cccc(c1)N(c1ccccc1)c1cccc-2c1. The standard InChI is InChI=1S/C44H41N5/c1-29(2)38-22-10-15-32(5)44(38)48-28-40-34-17-12-21-37(26-34)49(35-18-7-6-8-19-35)36-20-11-16-33(25-36)39-27-47(41(45-39)23-24-42(48)46-40)43-30(3)13-9-14-31(43)4/h6-22,25-29H,23-24H2,1-5H3. The minimum Gasteiger partial charge on any atom is -0.310 e. The van der Waals surface area contributed by atoms with Gasteiger partial charge in [-0.2, -0.15) is 0 Å². The number of anilines is 3. The van der Waals surface area contributed by atoms with Crippen LogP contribution in [-0.2, 0) is 12.8 Å². The molecule has 7 aromatic rings. The zero-order chi connectivity index (χ0) is 33.6. The van der Waals surface area contributed by atoms with Crippen molar-refractivity contribution in [2.75, 3.05) is 4.90 Å². The molecule has 242 valence electrons. The molecule has 0 radical (unpaired) electrons. The highest BCUT2D eigenvalue weighted by molar-refractivity contribution is 5.81. The van der Waals surface area contributed by atoms with Crippen molar-refractivity contribution < 1.29 is 0 Å². The highest BCUT2D eigenvalue weighted by atomic mass is 15.1. The summed E-state index contributed by atoms with van der Waals surface area (Å²) in [6.45, 7) is 11.1. The second-order valence-corrected chi connectivity index (χ2v) is 13.5. The Morgan fingerprint density at radius 3 is 1.53 bits per heavy atom. The second kappa shape index (κ2) is 12.4. The molecule has 2 aromatic heterocycles. The highest BCUT2D eigenvalue weighted by Crippen LogP contribution is 2.39. The number of benzene rings is 5. The van der Waals surface area contributed by atoms with Gasteiger partial charge >= 0.3 is 0 Å². The molecular weight excluding hydrogens is 599 g/mol. The van der Waals surface area contributed by atoms with Crippen molar-refractivity contribution in [2.45, 2.75) is 53.4 Å². The quantitative estimate of drug-likeness (QED) is 0.192. The van der Waals surface area contributed by atoms with Crippen LogP contribution in [0.2, 0.25) is 0 Å². The van der Waals surface area contributed by atoms with Crippen LogP contribution >= 0.6 is 0 Å². The van der Waals surface area contributed by atoms with Gasteiger partial charge in [0.25, 0.3) is 0 Å². The van der Waals surface area contributed by atoms with E-state index in [1.807, 2.05) is 0 Å². The molecule has 5 nitrogen and oxygen atoms in total. The first-order chi connectivity index (χ1) is 23.9. The lowest BCUT2D eigenvalue weighted by molar-refractivity contribution is 0.759. The van der Waals surface area contributed by atoms with Crippen LogP contribution in [0.25, 0.3) is 33.9 Å². The minimum absolute atomic E-state index is 0.369. The zero-order valence-corrected chi connectivity index (χ0v) is 28.9. The van der Waals surface area contributed by atoms with Gasteiger partial charge < -0.3 is 14.0 Å². The molecule has 0 saturated carbocycles. The third kappa shape index (κ3) is 5.55. The van der Waals surface area contributed by atoms with Crippen LogP contribution in [0.15, 0.2) is 128 Å². The Balaban J connectivity index is 1.40. The number of fused-ring (bicyclic) bond motifs is 10. The predicted molar refractivity (Wildman–Crippen MR) is 202 cm³/mol. The van der Waals surface area contributed by atoms with Crippen molar-refractivity contribution >= 4 is 17.1 Å². The van der Waals surface area contributed by atoms with E-state index >= 15 is 0 Å². The molecular formula is C44H41N5. The first-order valence-electron chi connectivity index (χ1n) is 17.2. The summed E-state index contributed by atoms with van der Waals surface area (Å²) in [7, 11) is 0. The van der Waals surface area contributed by atoms with E-state index in [2.05, 4.69) is 176 Å². The molecule has 0 saturated heterocycles. The smallest absolute Gasteiger partial charge is 0.114 e. The molecule has 0 unspecified atom stereocenters. The lowest BCUT2D eigenvalue weighted by Crippen LogP contribution is -2.10. The number of para-hydroxylation sites is 3. The molecule has 8 bridgehead atoms. The van der Waals surface area contributed by atoms with Gasteiger partial charge in [-0.3, -0.25) is 0 Å². The van der Waals surface area contributed by atoms with Crippen molar-refractivity contribution in [3.05, 3.63) is 162 Å². The molecule has 0 aliphatic carbocycles. The van der Waals surface area contributed by atoms with Gasteiger partial charge in [0.1, 0.15) is 11.6 Å². The van der Waals surface area contributed by atoms with E-state index in [1.54, 1.807) is 0 Å². The molecule has 5 aromatic carbocycles. The van der Waals surface area contributed by atoms with Gasteiger partial charge in [-0.05, 0) is 85.3 Å². The number of imidazole rings is 2. The summed E-state index contributed by atoms with van der Waals surface area (Å²) in [6, 6.07) is 41.3. The van der Waals surface area contributed by atoms with Gasteiger partial charge in [0.2, 0.25) is 0 Å². The summed E-state index contributed by atoms with van der Waals surface area (Å²) in [5, 5.41) is 0. The normalized spacial score (nSPS) is 12.6. The van der Waals surface area contributed by atoms with Gasteiger partial charge in [-0.25, -0.2) is 9.97 Å². The molecule has 0 atom stereocenters. The van der Waals surface area contributed by atoms with Crippen molar-refractivity contribution in [1.29, 1.82) is 0 Å². The van der Waals surface area contributed by atoms with Crippen LogP contribution in [-0.4, -0.2) is 19.1 Å². The molecule has 3 heterocycles. The van der Waals surface area contributed by atoms with Crippen molar-refractivity contribution in [3.63, 3.8) is 0 Å². The van der Waals surface area contributed by atoms with E-state index in [9.17, 15) is 0 Å². The first-order valence-corrected chi connectivity index (χ1v) is 17.2. The molecule has 8 rings (SSSR count). The van der Waals surface area contributed by atoms with Gasteiger partial charge in [-0.15, -0.1) is 0 Å². The van der Waals surface area contributed by atoms with Crippen LogP contribution in [0, 0.1) is 20.8 Å². The summed E-state index contributed by atoms with van der Waals surface area (Å²) in [6.07, 6.45) is 5.94. The highest BCUT2D eigenvalue weighted by Gasteiger charge is 2.22. The Morgan fingerprint density at radius 1 is 0.510 bits per heavy atom. The molecule has 1 aliphatic heterocycles. The largest absolute Gasteiger partial charge is 0.310 e. The summed E-state index contributed by atoms with van der Waals surface area (Å²) >= 11 is 0. The van der Waals surface area contributed by atoms with E-state index in [1.165, 1.54) is 33.6 Å².